The molecule has 0 aromatic heterocycles. The van der Waals surface area contributed by atoms with E-state index >= 15 is 0 Å². The van der Waals surface area contributed by atoms with E-state index in [2.05, 4.69) is 64.1 Å². The fraction of sp³-hybridized carbons (Fsp3) is 0.412. The molecule has 0 N–H and O–H groups in total. The molecule has 3 rings (SSSR count). The first-order chi connectivity index (χ1) is 7.99. The van der Waals surface area contributed by atoms with Crippen LogP contribution >= 0.6 is 0 Å². The standard InChI is InChI=1S/C17H20/c1-12-13(2)17(4)11-15(10-16(12,17)3)14-8-6-5-7-9-14/h5-10H,11H2,1-4H3/t16-,17-/m1/s1. The van der Waals surface area contributed by atoms with E-state index in [9.17, 15) is 0 Å². The fourth-order valence-electron chi connectivity index (χ4n) is 3.75. The van der Waals surface area contributed by atoms with Gasteiger partial charge in [-0.05, 0) is 31.4 Å². The lowest BCUT2D eigenvalue weighted by Gasteiger charge is -2.53. The molecule has 0 heteroatoms. The van der Waals surface area contributed by atoms with Crippen molar-refractivity contribution >= 4 is 5.57 Å². The largest absolute Gasteiger partial charge is 0.0698 e. The van der Waals surface area contributed by atoms with Gasteiger partial charge in [-0.3, -0.25) is 0 Å². The van der Waals surface area contributed by atoms with Crippen molar-refractivity contribution in [1.29, 1.82) is 0 Å². The summed E-state index contributed by atoms with van der Waals surface area (Å²) in [6.45, 7) is 9.41. The minimum atomic E-state index is 0.294. The highest BCUT2D eigenvalue weighted by Gasteiger charge is 2.57. The van der Waals surface area contributed by atoms with Crippen LogP contribution in [0.15, 0.2) is 47.6 Å². The summed E-state index contributed by atoms with van der Waals surface area (Å²) in [5.74, 6) is 0. The molecule has 0 nitrogen and oxygen atoms in total. The summed E-state index contributed by atoms with van der Waals surface area (Å²) in [6.07, 6.45) is 3.70. The van der Waals surface area contributed by atoms with Crippen LogP contribution in [-0.4, -0.2) is 0 Å². The van der Waals surface area contributed by atoms with Crippen LogP contribution in [0.25, 0.3) is 5.57 Å². The van der Waals surface area contributed by atoms with Gasteiger partial charge < -0.3 is 0 Å². The van der Waals surface area contributed by atoms with E-state index in [0.29, 0.717) is 10.8 Å². The topological polar surface area (TPSA) is 0 Å². The van der Waals surface area contributed by atoms with E-state index in [1.54, 1.807) is 11.1 Å². The smallest absolute Gasteiger partial charge is 0.0162 e. The van der Waals surface area contributed by atoms with Gasteiger partial charge in [0, 0.05) is 10.8 Å². The molecule has 0 saturated heterocycles. The Morgan fingerprint density at radius 1 is 0.941 bits per heavy atom. The van der Waals surface area contributed by atoms with Crippen molar-refractivity contribution in [3.63, 3.8) is 0 Å². The van der Waals surface area contributed by atoms with Crippen LogP contribution in [0.2, 0.25) is 0 Å². The van der Waals surface area contributed by atoms with Gasteiger partial charge in [-0.1, -0.05) is 61.4 Å². The zero-order valence-corrected chi connectivity index (χ0v) is 11.2. The Hall–Kier alpha value is -1.30. The van der Waals surface area contributed by atoms with E-state index in [1.165, 1.54) is 17.6 Å². The van der Waals surface area contributed by atoms with Crippen molar-refractivity contribution in [2.75, 3.05) is 0 Å². The lowest BCUT2D eigenvalue weighted by molar-refractivity contribution is 0.176. The summed E-state index contributed by atoms with van der Waals surface area (Å²) in [5.41, 5.74) is 6.75. The van der Waals surface area contributed by atoms with Crippen molar-refractivity contribution in [2.45, 2.75) is 34.1 Å². The number of rotatable bonds is 1. The van der Waals surface area contributed by atoms with Crippen LogP contribution in [0.4, 0.5) is 0 Å². The van der Waals surface area contributed by atoms with Crippen molar-refractivity contribution in [2.24, 2.45) is 10.8 Å². The first-order valence-electron chi connectivity index (χ1n) is 6.45. The average molecular weight is 224 g/mol. The number of fused-ring (bicyclic) bond motifs is 1. The number of benzene rings is 1. The van der Waals surface area contributed by atoms with Crippen LogP contribution in [0.3, 0.4) is 0 Å². The van der Waals surface area contributed by atoms with Crippen LogP contribution in [0.1, 0.15) is 39.7 Å². The summed E-state index contributed by atoms with van der Waals surface area (Å²) in [4.78, 5) is 0. The maximum Gasteiger partial charge on any atom is 0.0162 e. The Morgan fingerprint density at radius 3 is 2.18 bits per heavy atom. The summed E-state index contributed by atoms with van der Waals surface area (Å²) in [5, 5.41) is 0. The van der Waals surface area contributed by atoms with Gasteiger partial charge in [-0.25, -0.2) is 0 Å². The predicted molar refractivity (Wildman–Crippen MR) is 73.6 cm³/mol. The van der Waals surface area contributed by atoms with Gasteiger partial charge in [0.15, 0.2) is 0 Å². The van der Waals surface area contributed by atoms with Gasteiger partial charge in [-0.15, -0.1) is 0 Å². The third kappa shape index (κ3) is 1.14. The molecule has 0 amide bonds. The lowest BCUT2D eigenvalue weighted by Crippen LogP contribution is -2.44. The second-order valence-electron chi connectivity index (χ2n) is 6.00. The molecular weight excluding hydrogens is 204 g/mol. The molecule has 0 heterocycles. The van der Waals surface area contributed by atoms with Crippen molar-refractivity contribution in [1.82, 2.24) is 0 Å². The van der Waals surface area contributed by atoms with Gasteiger partial charge in [0.05, 0.1) is 0 Å². The minimum Gasteiger partial charge on any atom is -0.0698 e. The maximum atomic E-state index is 2.50. The molecule has 88 valence electrons. The molecule has 0 spiro atoms. The second-order valence-corrected chi connectivity index (χ2v) is 6.00. The van der Waals surface area contributed by atoms with E-state index in [-0.39, 0.29) is 0 Å². The van der Waals surface area contributed by atoms with Crippen LogP contribution in [0.5, 0.6) is 0 Å². The summed E-state index contributed by atoms with van der Waals surface area (Å²) >= 11 is 0. The van der Waals surface area contributed by atoms with E-state index in [0.717, 1.165) is 0 Å². The Morgan fingerprint density at radius 2 is 1.59 bits per heavy atom. The van der Waals surface area contributed by atoms with Crippen LogP contribution in [0, 0.1) is 10.8 Å². The van der Waals surface area contributed by atoms with Gasteiger partial charge in [0.1, 0.15) is 0 Å². The number of hydrogen-bond acceptors (Lipinski definition) is 0. The molecule has 1 aromatic rings. The highest BCUT2D eigenvalue weighted by Crippen LogP contribution is 2.68. The fourth-order valence-corrected chi connectivity index (χ4v) is 3.75. The summed E-state index contributed by atoms with van der Waals surface area (Å²) < 4.78 is 0. The van der Waals surface area contributed by atoms with E-state index in [4.69, 9.17) is 0 Å². The molecule has 0 saturated carbocycles. The molecule has 0 radical (unpaired) electrons. The highest BCUT2D eigenvalue weighted by molar-refractivity contribution is 5.74. The molecule has 0 aliphatic heterocycles. The number of hydrogen-bond donors (Lipinski definition) is 0. The third-order valence-corrected chi connectivity index (χ3v) is 5.47. The van der Waals surface area contributed by atoms with Gasteiger partial charge in [-0.2, -0.15) is 0 Å². The quantitative estimate of drug-likeness (QED) is 0.599. The van der Waals surface area contributed by atoms with Gasteiger partial charge in [0.25, 0.3) is 0 Å². The van der Waals surface area contributed by atoms with Gasteiger partial charge >= 0.3 is 0 Å². The maximum absolute atomic E-state index is 2.50. The van der Waals surface area contributed by atoms with E-state index < -0.39 is 0 Å². The molecule has 0 bridgehead atoms. The van der Waals surface area contributed by atoms with Crippen LogP contribution in [-0.2, 0) is 0 Å². The summed E-state index contributed by atoms with van der Waals surface area (Å²) in [7, 11) is 0. The lowest BCUT2D eigenvalue weighted by atomic mass is 9.50. The average Bonchev–Trinajstić information content (AvgIpc) is 2.61. The molecule has 2 aliphatic carbocycles. The second kappa shape index (κ2) is 3.13. The zero-order chi connectivity index (χ0) is 12.3. The number of allylic oxidation sites excluding steroid dienone is 4. The van der Waals surface area contributed by atoms with Gasteiger partial charge in [0.2, 0.25) is 0 Å². The molecule has 2 atom stereocenters. The monoisotopic (exact) mass is 224 g/mol. The van der Waals surface area contributed by atoms with Crippen molar-refractivity contribution in [3.05, 3.63) is 53.1 Å². The summed E-state index contributed by atoms with van der Waals surface area (Å²) in [6, 6.07) is 10.8. The molecule has 0 unspecified atom stereocenters. The SMILES string of the molecule is CC1=C(C)[C@@]2(C)CC(c3ccccc3)=C[C@]12C. The third-order valence-electron chi connectivity index (χ3n) is 5.47. The van der Waals surface area contributed by atoms with Crippen molar-refractivity contribution < 1.29 is 0 Å². The molecule has 2 aliphatic rings. The molecular formula is C17H20. The van der Waals surface area contributed by atoms with E-state index in [1.807, 2.05) is 0 Å². The zero-order valence-electron chi connectivity index (χ0n) is 11.2. The molecule has 17 heavy (non-hydrogen) atoms. The minimum absolute atomic E-state index is 0.294. The molecule has 0 fully saturated rings. The van der Waals surface area contributed by atoms with Crippen LogP contribution < -0.4 is 0 Å². The first-order valence-corrected chi connectivity index (χ1v) is 6.45. The normalized spacial score (nSPS) is 35.4. The van der Waals surface area contributed by atoms with Crippen molar-refractivity contribution in [3.8, 4) is 0 Å². The first kappa shape index (κ1) is 10.8. The Balaban J connectivity index is 2.05. The Labute approximate surface area is 104 Å². The molecule has 1 aromatic carbocycles. The Kier molecular flexibility index (Phi) is 1.99. The highest BCUT2D eigenvalue weighted by atomic mass is 14.6. The predicted octanol–water partition coefficient (Wildman–Crippen LogP) is 4.84. The Bertz CT molecular complexity index is 532.